The van der Waals surface area contributed by atoms with E-state index in [1.807, 2.05) is 18.7 Å². The summed E-state index contributed by atoms with van der Waals surface area (Å²) in [5, 5.41) is 12.0. The minimum atomic E-state index is -3.50. The molecule has 0 bridgehead atoms. The molecule has 0 atom stereocenters. The number of hydrogen-bond donors (Lipinski definition) is 1. The van der Waals surface area contributed by atoms with Crippen molar-refractivity contribution in [3.63, 3.8) is 0 Å². The van der Waals surface area contributed by atoms with E-state index in [2.05, 4.69) is 5.16 Å². The fourth-order valence-corrected chi connectivity index (χ4v) is 4.28. The molecular formula is C23H28FN3O5S. The predicted octanol–water partition coefficient (Wildman–Crippen LogP) is 3.18. The molecule has 178 valence electrons. The van der Waals surface area contributed by atoms with Gasteiger partial charge in [0.2, 0.25) is 0 Å². The van der Waals surface area contributed by atoms with Crippen molar-refractivity contribution in [1.29, 1.82) is 0 Å². The van der Waals surface area contributed by atoms with Crippen LogP contribution in [-0.2, 0) is 9.84 Å². The number of carbonyl (C=O) groups excluding carboxylic acids is 1. The summed E-state index contributed by atoms with van der Waals surface area (Å²) in [6.07, 6.45) is 0.898. The Kier molecular flexibility index (Phi) is 7.26. The Morgan fingerprint density at radius 2 is 1.79 bits per heavy atom. The topological polar surface area (TPSA) is 99.5 Å². The molecule has 1 aliphatic rings. The van der Waals surface area contributed by atoms with E-state index in [9.17, 15) is 17.6 Å². The number of hydrogen-bond acceptors (Lipinski definition) is 7. The maximum absolute atomic E-state index is 14.7. The van der Waals surface area contributed by atoms with Crippen LogP contribution < -0.4 is 9.64 Å². The van der Waals surface area contributed by atoms with Gasteiger partial charge < -0.3 is 19.7 Å². The molecule has 3 rings (SSSR count). The molecule has 0 aliphatic carbocycles. The highest BCUT2D eigenvalue weighted by molar-refractivity contribution is 7.90. The molecule has 1 N–H and O–H groups in total. The Morgan fingerprint density at radius 1 is 1.12 bits per heavy atom. The van der Waals surface area contributed by atoms with E-state index < -0.39 is 15.7 Å². The lowest BCUT2D eigenvalue weighted by Crippen LogP contribution is -2.49. The van der Waals surface area contributed by atoms with E-state index in [-0.39, 0.29) is 22.5 Å². The molecular weight excluding hydrogens is 449 g/mol. The Hall–Kier alpha value is -3.14. The molecule has 2 aromatic carbocycles. The lowest BCUT2D eigenvalue weighted by atomic mass is 10.1. The first-order valence-electron chi connectivity index (χ1n) is 10.5. The molecule has 1 amide bonds. The first kappa shape index (κ1) is 24.5. The third-order valence-electron chi connectivity index (χ3n) is 5.40. The summed E-state index contributed by atoms with van der Waals surface area (Å²) in [4.78, 5) is 16.8. The van der Waals surface area contributed by atoms with Crippen molar-refractivity contribution >= 4 is 27.1 Å². The first-order chi connectivity index (χ1) is 15.5. The Bertz CT molecular complexity index is 1170. The fourth-order valence-electron chi connectivity index (χ4n) is 3.63. The van der Waals surface area contributed by atoms with Crippen LogP contribution in [0.1, 0.15) is 36.7 Å². The fraction of sp³-hybridized carbons (Fsp3) is 0.391. The highest BCUT2D eigenvalue weighted by atomic mass is 32.2. The number of halogens is 1. The monoisotopic (exact) mass is 477 g/mol. The smallest absolute Gasteiger partial charge is 0.257 e. The zero-order chi connectivity index (χ0) is 24.3. The van der Waals surface area contributed by atoms with Gasteiger partial charge >= 0.3 is 0 Å². The molecule has 1 saturated heterocycles. The molecule has 33 heavy (non-hydrogen) atoms. The van der Waals surface area contributed by atoms with Gasteiger partial charge in [0.25, 0.3) is 5.91 Å². The van der Waals surface area contributed by atoms with E-state index in [4.69, 9.17) is 9.94 Å². The Labute approximate surface area is 193 Å². The summed E-state index contributed by atoms with van der Waals surface area (Å²) >= 11 is 0. The van der Waals surface area contributed by atoms with Crippen molar-refractivity contribution < 1.29 is 27.5 Å². The number of benzene rings is 2. The maximum atomic E-state index is 14.7. The van der Waals surface area contributed by atoms with Gasteiger partial charge in [-0.1, -0.05) is 11.2 Å². The van der Waals surface area contributed by atoms with Gasteiger partial charge in [-0.05, 0) is 51.1 Å². The second-order valence-electron chi connectivity index (χ2n) is 8.23. The van der Waals surface area contributed by atoms with E-state index in [1.54, 1.807) is 24.0 Å². The lowest BCUT2D eigenvalue weighted by Gasteiger charge is -2.36. The number of carbonyl (C=O) groups is 1. The van der Waals surface area contributed by atoms with Crippen LogP contribution in [-0.4, -0.2) is 68.7 Å². The van der Waals surface area contributed by atoms with Crippen LogP contribution in [0.15, 0.2) is 46.4 Å². The molecule has 1 heterocycles. The molecule has 8 nitrogen and oxygen atoms in total. The number of ether oxygens (including phenoxy) is 1. The van der Waals surface area contributed by atoms with Gasteiger partial charge in [0.15, 0.2) is 9.84 Å². The zero-order valence-electron chi connectivity index (χ0n) is 19.1. The number of amides is 1. The van der Waals surface area contributed by atoms with Gasteiger partial charge in [-0.25, -0.2) is 12.8 Å². The van der Waals surface area contributed by atoms with Crippen LogP contribution in [0.3, 0.4) is 0 Å². The summed E-state index contributed by atoms with van der Waals surface area (Å²) in [7, 11) is -3.50. The lowest BCUT2D eigenvalue weighted by molar-refractivity contribution is 0.0740. The molecule has 0 saturated carbocycles. The molecule has 1 fully saturated rings. The number of oxime groups is 1. The predicted molar refractivity (Wildman–Crippen MR) is 124 cm³/mol. The number of piperazine rings is 1. The van der Waals surface area contributed by atoms with Crippen molar-refractivity contribution in [3.05, 3.63) is 53.3 Å². The molecule has 0 aromatic heterocycles. The van der Waals surface area contributed by atoms with Crippen molar-refractivity contribution in [1.82, 2.24) is 4.90 Å². The van der Waals surface area contributed by atoms with Gasteiger partial charge in [-0.2, -0.15) is 0 Å². The standard InChI is InChI=1S/C23H28FN3O5S/c1-15(2)32-22-8-6-18(33(4,30)31)14-19(22)23(28)27-11-9-26(10-12-27)21-7-5-17(13-20(21)24)16(3)25-29/h5-8,13-15,29H,9-12H2,1-4H3/b25-16+. The van der Waals surface area contributed by atoms with Crippen molar-refractivity contribution in [2.45, 2.75) is 31.8 Å². The zero-order valence-corrected chi connectivity index (χ0v) is 19.9. The number of anilines is 1. The second kappa shape index (κ2) is 9.78. The van der Waals surface area contributed by atoms with E-state index in [0.717, 1.165) is 6.26 Å². The summed E-state index contributed by atoms with van der Waals surface area (Å²) in [5.74, 6) is -0.447. The third-order valence-corrected chi connectivity index (χ3v) is 6.51. The summed E-state index contributed by atoms with van der Waals surface area (Å²) in [5.41, 5.74) is 1.39. The third kappa shape index (κ3) is 5.62. The highest BCUT2D eigenvalue weighted by Crippen LogP contribution is 2.27. The van der Waals surface area contributed by atoms with Crippen LogP contribution in [0.4, 0.5) is 10.1 Å². The Morgan fingerprint density at radius 3 is 2.33 bits per heavy atom. The van der Waals surface area contributed by atoms with Crippen LogP contribution >= 0.6 is 0 Å². The molecule has 2 aromatic rings. The quantitative estimate of drug-likeness (QED) is 0.390. The minimum absolute atomic E-state index is 0.0458. The number of sulfone groups is 1. The van der Waals surface area contributed by atoms with Crippen molar-refractivity contribution in [2.75, 3.05) is 37.3 Å². The second-order valence-corrected chi connectivity index (χ2v) is 10.2. The van der Waals surface area contributed by atoms with Crippen molar-refractivity contribution in [3.8, 4) is 5.75 Å². The number of rotatable bonds is 6. The van der Waals surface area contributed by atoms with E-state index >= 15 is 0 Å². The summed E-state index contributed by atoms with van der Waals surface area (Å²) < 4.78 is 44.4. The van der Waals surface area contributed by atoms with Crippen LogP contribution in [0, 0.1) is 5.82 Å². The summed E-state index contributed by atoms with van der Waals surface area (Å²) in [6.45, 7) is 6.70. The highest BCUT2D eigenvalue weighted by Gasteiger charge is 2.27. The van der Waals surface area contributed by atoms with Crippen LogP contribution in [0.25, 0.3) is 0 Å². The largest absolute Gasteiger partial charge is 0.490 e. The van der Waals surface area contributed by atoms with E-state index in [0.29, 0.717) is 48.9 Å². The molecule has 0 radical (unpaired) electrons. The summed E-state index contributed by atoms with van der Waals surface area (Å²) in [6, 6.07) is 8.91. The van der Waals surface area contributed by atoms with Gasteiger partial charge in [-0.3, -0.25) is 4.79 Å². The van der Waals surface area contributed by atoms with Gasteiger partial charge in [0.1, 0.15) is 11.6 Å². The van der Waals surface area contributed by atoms with E-state index in [1.165, 1.54) is 24.3 Å². The maximum Gasteiger partial charge on any atom is 0.257 e. The SMILES string of the molecule is C/C(=N\O)c1ccc(N2CCN(C(=O)c3cc(S(C)(=O)=O)ccc3OC(C)C)CC2)c(F)c1. The van der Waals surface area contributed by atoms with Crippen molar-refractivity contribution in [2.24, 2.45) is 5.16 Å². The van der Waals surface area contributed by atoms with Crippen LogP contribution in [0.5, 0.6) is 5.75 Å². The number of nitrogens with zero attached hydrogens (tertiary/aromatic N) is 3. The van der Waals surface area contributed by atoms with Crippen LogP contribution in [0.2, 0.25) is 0 Å². The molecule has 0 spiro atoms. The van der Waals surface area contributed by atoms with Gasteiger partial charge in [0, 0.05) is 38.0 Å². The minimum Gasteiger partial charge on any atom is -0.490 e. The molecule has 10 heteroatoms. The average molecular weight is 478 g/mol. The molecule has 1 aliphatic heterocycles. The Balaban J connectivity index is 1.79. The van der Waals surface area contributed by atoms with Gasteiger partial charge in [0.05, 0.1) is 28.0 Å². The normalized spacial score (nSPS) is 15.2. The molecule has 0 unspecified atom stereocenters. The average Bonchev–Trinajstić information content (AvgIpc) is 2.77. The van der Waals surface area contributed by atoms with Gasteiger partial charge in [-0.15, -0.1) is 0 Å². The first-order valence-corrected chi connectivity index (χ1v) is 12.4.